The van der Waals surface area contributed by atoms with Crippen molar-refractivity contribution in [3.63, 3.8) is 0 Å². The number of carbonyl (C=O) groups is 2. The van der Waals surface area contributed by atoms with Gasteiger partial charge in [-0.3, -0.25) is 4.79 Å². The number of nitrogens with zero attached hydrogens (tertiary/aromatic N) is 4. The molecule has 1 aromatic carbocycles. The fourth-order valence-electron chi connectivity index (χ4n) is 3.00. The van der Waals surface area contributed by atoms with Crippen molar-refractivity contribution < 1.29 is 9.59 Å². The van der Waals surface area contributed by atoms with E-state index in [1.807, 2.05) is 33.8 Å². The van der Waals surface area contributed by atoms with E-state index in [4.69, 9.17) is 0 Å². The number of hydrogen-bond acceptors (Lipinski definition) is 4. The second kappa shape index (κ2) is 7.27. The van der Waals surface area contributed by atoms with Crippen LogP contribution in [0.15, 0.2) is 18.2 Å². The molecule has 1 N–H and O–H groups in total. The third-order valence-corrected chi connectivity index (χ3v) is 4.59. The van der Waals surface area contributed by atoms with Gasteiger partial charge in [-0.25, -0.2) is 14.8 Å². The zero-order chi connectivity index (χ0) is 18.8. The quantitative estimate of drug-likeness (QED) is 0.895. The van der Waals surface area contributed by atoms with Crippen LogP contribution in [0.1, 0.15) is 35.6 Å². The maximum atomic E-state index is 12.8. The van der Waals surface area contributed by atoms with Crippen LogP contribution in [-0.4, -0.2) is 63.9 Å². The predicted octanol–water partition coefficient (Wildman–Crippen LogP) is 2.12. The van der Waals surface area contributed by atoms with Gasteiger partial charge in [0.2, 0.25) is 0 Å². The lowest BCUT2D eigenvalue weighted by molar-refractivity contribution is 0.0664. The van der Waals surface area contributed by atoms with Crippen molar-refractivity contribution in [3.05, 3.63) is 35.2 Å². The smallest absolute Gasteiger partial charge is 0.317 e. The molecule has 26 heavy (non-hydrogen) atoms. The molecule has 1 aliphatic heterocycles. The molecule has 1 aromatic heterocycles. The fourth-order valence-corrected chi connectivity index (χ4v) is 3.00. The van der Waals surface area contributed by atoms with Gasteiger partial charge in [-0.15, -0.1) is 0 Å². The molecule has 3 amide bonds. The average molecular weight is 355 g/mol. The number of benzene rings is 1. The minimum absolute atomic E-state index is 0.0316. The van der Waals surface area contributed by atoms with E-state index in [-0.39, 0.29) is 18.0 Å². The largest absolute Gasteiger partial charge is 0.336 e. The Morgan fingerprint density at radius 1 is 0.962 bits per heavy atom. The highest BCUT2D eigenvalue weighted by molar-refractivity contribution is 5.97. The Balaban J connectivity index is 1.69. The van der Waals surface area contributed by atoms with Crippen LogP contribution in [0.4, 0.5) is 4.79 Å². The van der Waals surface area contributed by atoms with Crippen molar-refractivity contribution in [2.75, 3.05) is 26.2 Å². The number of carbonyl (C=O) groups excluding carboxylic acids is 2. The zero-order valence-electron chi connectivity index (χ0n) is 15.7. The minimum atomic E-state index is -0.0704. The number of urea groups is 1. The van der Waals surface area contributed by atoms with Gasteiger partial charge in [-0.1, -0.05) is 0 Å². The van der Waals surface area contributed by atoms with Crippen LogP contribution in [0.5, 0.6) is 0 Å². The van der Waals surface area contributed by atoms with E-state index in [1.54, 1.807) is 21.9 Å². The van der Waals surface area contributed by atoms with Gasteiger partial charge < -0.3 is 15.1 Å². The van der Waals surface area contributed by atoms with Crippen molar-refractivity contribution in [1.82, 2.24) is 25.1 Å². The Morgan fingerprint density at radius 2 is 1.54 bits per heavy atom. The van der Waals surface area contributed by atoms with E-state index in [0.29, 0.717) is 31.7 Å². The van der Waals surface area contributed by atoms with Crippen LogP contribution in [-0.2, 0) is 0 Å². The standard InChI is InChI=1S/C19H25N5O2/c1-12(2)20-19(26)24-9-7-23(8-10-24)18(25)15-5-6-16-17(11-15)22-14(4)13(3)21-16/h5-6,11-12H,7-10H2,1-4H3,(H,20,26). The Morgan fingerprint density at radius 3 is 2.15 bits per heavy atom. The van der Waals surface area contributed by atoms with Crippen LogP contribution >= 0.6 is 0 Å². The van der Waals surface area contributed by atoms with E-state index in [0.717, 1.165) is 22.4 Å². The molecule has 2 aromatic rings. The van der Waals surface area contributed by atoms with Crippen molar-refractivity contribution >= 4 is 23.0 Å². The molecule has 138 valence electrons. The third kappa shape index (κ3) is 3.76. The van der Waals surface area contributed by atoms with E-state index in [2.05, 4.69) is 15.3 Å². The number of nitrogens with one attached hydrogen (secondary N) is 1. The van der Waals surface area contributed by atoms with Gasteiger partial charge in [0, 0.05) is 37.8 Å². The molecular formula is C19H25N5O2. The molecule has 1 saturated heterocycles. The number of piperazine rings is 1. The first-order valence-corrected chi connectivity index (χ1v) is 8.95. The van der Waals surface area contributed by atoms with Gasteiger partial charge in [0.25, 0.3) is 5.91 Å². The lowest BCUT2D eigenvalue weighted by atomic mass is 10.1. The van der Waals surface area contributed by atoms with Crippen LogP contribution < -0.4 is 5.32 Å². The van der Waals surface area contributed by atoms with Crippen molar-refractivity contribution in [2.24, 2.45) is 0 Å². The van der Waals surface area contributed by atoms with Crippen LogP contribution in [0.2, 0.25) is 0 Å². The number of rotatable bonds is 2. The molecule has 0 spiro atoms. The number of hydrogen-bond donors (Lipinski definition) is 1. The Labute approximate surface area is 153 Å². The summed E-state index contributed by atoms with van der Waals surface area (Å²) < 4.78 is 0. The zero-order valence-corrected chi connectivity index (χ0v) is 15.7. The molecule has 1 fully saturated rings. The summed E-state index contributed by atoms with van der Waals surface area (Å²) in [6.45, 7) is 9.84. The number of aromatic nitrogens is 2. The number of amides is 3. The average Bonchev–Trinajstić information content (AvgIpc) is 2.61. The summed E-state index contributed by atoms with van der Waals surface area (Å²) in [5.74, 6) is -0.0316. The van der Waals surface area contributed by atoms with Crippen molar-refractivity contribution in [1.29, 1.82) is 0 Å². The molecule has 7 heteroatoms. The summed E-state index contributed by atoms with van der Waals surface area (Å²) in [5.41, 5.74) is 3.89. The molecule has 0 bridgehead atoms. The first kappa shape index (κ1) is 18.1. The van der Waals surface area contributed by atoms with E-state index in [1.165, 1.54) is 0 Å². The maximum absolute atomic E-state index is 12.8. The molecule has 2 heterocycles. The van der Waals surface area contributed by atoms with Gasteiger partial charge in [-0.05, 0) is 45.9 Å². The van der Waals surface area contributed by atoms with Crippen LogP contribution in [0, 0.1) is 13.8 Å². The first-order valence-electron chi connectivity index (χ1n) is 8.95. The van der Waals surface area contributed by atoms with E-state index >= 15 is 0 Å². The number of aryl methyl sites for hydroxylation is 2. The molecule has 0 unspecified atom stereocenters. The summed E-state index contributed by atoms with van der Waals surface area (Å²) in [6, 6.07) is 5.47. The molecule has 3 rings (SSSR count). The minimum Gasteiger partial charge on any atom is -0.336 e. The SMILES string of the molecule is Cc1nc2ccc(C(=O)N3CCN(C(=O)NC(C)C)CC3)cc2nc1C. The van der Waals surface area contributed by atoms with Crippen molar-refractivity contribution in [2.45, 2.75) is 33.7 Å². The summed E-state index contributed by atoms with van der Waals surface area (Å²) >= 11 is 0. The van der Waals surface area contributed by atoms with Gasteiger partial charge >= 0.3 is 6.03 Å². The highest BCUT2D eigenvalue weighted by Gasteiger charge is 2.25. The predicted molar refractivity (Wildman–Crippen MR) is 100 cm³/mol. The second-order valence-electron chi connectivity index (χ2n) is 6.98. The van der Waals surface area contributed by atoms with Gasteiger partial charge in [-0.2, -0.15) is 0 Å². The fraction of sp³-hybridized carbons (Fsp3) is 0.474. The monoisotopic (exact) mass is 355 g/mol. The van der Waals surface area contributed by atoms with Gasteiger partial charge in [0.1, 0.15) is 0 Å². The normalized spacial score (nSPS) is 14.8. The third-order valence-electron chi connectivity index (χ3n) is 4.59. The molecule has 7 nitrogen and oxygen atoms in total. The summed E-state index contributed by atoms with van der Waals surface area (Å²) in [5, 5.41) is 2.89. The lowest BCUT2D eigenvalue weighted by Crippen LogP contribution is -2.54. The molecule has 0 radical (unpaired) electrons. The topological polar surface area (TPSA) is 78.4 Å². The lowest BCUT2D eigenvalue weighted by Gasteiger charge is -2.35. The second-order valence-corrected chi connectivity index (χ2v) is 6.98. The van der Waals surface area contributed by atoms with Crippen LogP contribution in [0.25, 0.3) is 11.0 Å². The Hall–Kier alpha value is -2.70. The van der Waals surface area contributed by atoms with Gasteiger partial charge in [0.15, 0.2) is 0 Å². The Kier molecular flexibility index (Phi) is 5.06. The molecule has 0 saturated carbocycles. The molecule has 0 atom stereocenters. The summed E-state index contributed by atoms with van der Waals surface area (Å²) in [6.07, 6.45) is 0. The summed E-state index contributed by atoms with van der Waals surface area (Å²) in [7, 11) is 0. The molecular weight excluding hydrogens is 330 g/mol. The van der Waals surface area contributed by atoms with E-state index in [9.17, 15) is 9.59 Å². The van der Waals surface area contributed by atoms with Crippen molar-refractivity contribution in [3.8, 4) is 0 Å². The first-order chi connectivity index (χ1) is 12.3. The maximum Gasteiger partial charge on any atom is 0.317 e. The Bertz CT molecular complexity index is 841. The van der Waals surface area contributed by atoms with Crippen LogP contribution in [0.3, 0.4) is 0 Å². The highest BCUT2D eigenvalue weighted by atomic mass is 16.2. The number of fused-ring (bicyclic) bond motifs is 1. The van der Waals surface area contributed by atoms with Gasteiger partial charge in [0.05, 0.1) is 22.4 Å². The molecule has 1 aliphatic rings. The molecule has 0 aliphatic carbocycles. The summed E-state index contributed by atoms with van der Waals surface area (Å²) in [4.78, 5) is 37.4. The highest BCUT2D eigenvalue weighted by Crippen LogP contribution is 2.16. The van der Waals surface area contributed by atoms with E-state index < -0.39 is 0 Å².